The van der Waals surface area contributed by atoms with Gasteiger partial charge in [-0.3, -0.25) is 0 Å². The van der Waals surface area contributed by atoms with Gasteiger partial charge in [-0.1, -0.05) is 5.10 Å². The van der Waals surface area contributed by atoms with Crippen LogP contribution in [0.15, 0.2) is 12.4 Å². The molecule has 42 valence electrons. The van der Waals surface area contributed by atoms with Gasteiger partial charge in [0.05, 0.1) is 0 Å². The number of hydrogen-bond donors (Lipinski definition) is 0. The first kappa shape index (κ1) is 5.24. The fourth-order valence-corrected chi connectivity index (χ4v) is 0.382. The summed E-state index contributed by atoms with van der Waals surface area (Å²) in [4.78, 5) is 3.67. The van der Waals surface area contributed by atoms with Crippen molar-refractivity contribution in [2.75, 3.05) is 0 Å². The quantitative estimate of drug-likeness (QED) is 0.361. The van der Waals surface area contributed by atoms with E-state index in [0.29, 0.717) is 0 Å². The Morgan fingerprint density at radius 2 is 2.38 bits per heavy atom. The van der Waals surface area contributed by atoms with Crippen LogP contribution >= 0.6 is 11.6 Å². The van der Waals surface area contributed by atoms with Gasteiger partial charge in [0.2, 0.25) is 0 Å². The van der Waals surface area contributed by atoms with E-state index in [4.69, 9.17) is 11.6 Å². The van der Waals surface area contributed by atoms with Crippen molar-refractivity contribution in [2.45, 2.75) is 0 Å². The van der Waals surface area contributed by atoms with Gasteiger partial charge in [0.15, 0.2) is 6.20 Å². The Morgan fingerprint density at radius 3 is 2.75 bits per heavy atom. The summed E-state index contributed by atoms with van der Waals surface area (Å²) >= 11 is 5.19. The Hall–Kier alpha value is -0.900. The smallest absolute Gasteiger partial charge is 0.420 e. The number of hydrogen-bond acceptors (Lipinski definition) is 3. The van der Waals surface area contributed by atoms with Crippen molar-refractivity contribution in [3.8, 4) is 0 Å². The molecule has 0 aliphatic rings. The molecule has 8 heavy (non-hydrogen) atoms. The Bertz CT molecular complexity index is 171. The lowest BCUT2D eigenvalue weighted by molar-refractivity contribution is -0.670. The van der Waals surface area contributed by atoms with Gasteiger partial charge >= 0.3 is 5.28 Å². The van der Waals surface area contributed by atoms with E-state index >= 15 is 0 Å². The lowest BCUT2D eigenvalue weighted by Gasteiger charge is -1.92. The van der Waals surface area contributed by atoms with Gasteiger partial charge in [-0.25, -0.2) is 0 Å². The number of halogens is 1. The molecule has 1 rings (SSSR count). The third-order valence-electron chi connectivity index (χ3n) is 0.577. The molecule has 0 bridgehead atoms. The van der Waals surface area contributed by atoms with E-state index < -0.39 is 0 Å². The molecule has 5 heteroatoms. The normalized spacial score (nSPS) is 9.12. The second-order valence-corrected chi connectivity index (χ2v) is 1.42. The minimum absolute atomic E-state index is 0.160. The SMILES string of the molecule is [O-][n+]1nccnc1Cl. The molecule has 0 amide bonds. The van der Waals surface area contributed by atoms with Crippen molar-refractivity contribution in [1.29, 1.82) is 0 Å². The monoisotopic (exact) mass is 131 g/mol. The van der Waals surface area contributed by atoms with Crippen LogP contribution in [0.25, 0.3) is 0 Å². The van der Waals surface area contributed by atoms with Crippen molar-refractivity contribution in [3.05, 3.63) is 22.9 Å². The molecule has 0 aliphatic carbocycles. The minimum atomic E-state index is -0.160. The predicted molar refractivity (Wildman–Crippen MR) is 26.0 cm³/mol. The van der Waals surface area contributed by atoms with E-state index in [1.165, 1.54) is 12.4 Å². The molecule has 0 saturated heterocycles. The summed E-state index contributed by atoms with van der Waals surface area (Å²) < 4.78 is 0. The van der Waals surface area contributed by atoms with Gasteiger partial charge in [-0.15, -0.1) is 4.85 Å². The van der Waals surface area contributed by atoms with Gasteiger partial charge < -0.3 is 5.21 Å². The van der Waals surface area contributed by atoms with E-state index in [1.54, 1.807) is 0 Å². The van der Waals surface area contributed by atoms with Crippen molar-refractivity contribution in [2.24, 2.45) is 0 Å². The van der Waals surface area contributed by atoms with Crippen LogP contribution in [-0.2, 0) is 0 Å². The van der Waals surface area contributed by atoms with Crippen molar-refractivity contribution in [3.63, 3.8) is 0 Å². The Morgan fingerprint density at radius 1 is 1.62 bits per heavy atom. The molecule has 4 nitrogen and oxygen atoms in total. The Kier molecular flexibility index (Phi) is 1.26. The summed E-state index contributed by atoms with van der Waals surface area (Å²) in [7, 11) is 0. The first-order valence-corrected chi connectivity index (χ1v) is 2.25. The average Bonchev–Trinajstić information content (AvgIpc) is 1.77. The zero-order valence-corrected chi connectivity index (χ0v) is 4.54. The maximum atomic E-state index is 10.2. The molecule has 0 spiro atoms. The molecule has 0 unspecified atom stereocenters. The highest BCUT2D eigenvalue weighted by Gasteiger charge is 1.97. The highest BCUT2D eigenvalue weighted by atomic mass is 35.5. The second kappa shape index (κ2) is 1.92. The summed E-state index contributed by atoms with van der Waals surface area (Å²) in [5.41, 5.74) is 0. The third kappa shape index (κ3) is 0.840. The average molecular weight is 132 g/mol. The third-order valence-corrected chi connectivity index (χ3v) is 0.819. The van der Waals surface area contributed by atoms with E-state index in [2.05, 4.69) is 10.1 Å². The molecule has 0 aromatic carbocycles. The summed E-state index contributed by atoms with van der Waals surface area (Å²) in [6.45, 7) is 0. The molecule has 1 aromatic rings. The van der Waals surface area contributed by atoms with Gasteiger partial charge in [0, 0.05) is 11.6 Å². The fourth-order valence-electron chi connectivity index (χ4n) is 0.282. The van der Waals surface area contributed by atoms with Crippen molar-refractivity contribution >= 4 is 11.6 Å². The molecular weight excluding hydrogens is 130 g/mol. The Balaban J connectivity index is 3.13. The highest BCUT2D eigenvalue weighted by molar-refractivity contribution is 6.27. The van der Waals surface area contributed by atoms with Crippen molar-refractivity contribution in [1.82, 2.24) is 10.1 Å². The van der Waals surface area contributed by atoms with Gasteiger partial charge in [0.1, 0.15) is 6.20 Å². The molecule has 0 N–H and O–H groups in total. The number of rotatable bonds is 0. The van der Waals surface area contributed by atoms with E-state index in [-0.39, 0.29) is 10.1 Å². The largest absolute Gasteiger partial charge is 0.690 e. The lowest BCUT2D eigenvalue weighted by Crippen LogP contribution is -2.32. The molecule has 0 fully saturated rings. The summed E-state index contributed by atoms with van der Waals surface area (Å²) in [6.07, 6.45) is 2.61. The molecular formula is C3H2ClN3O. The highest BCUT2D eigenvalue weighted by Crippen LogP contribution is 1.87. The van der Waals surface area contributed by atoms with Crippen LogP contribution in [0.5, 0.6) is 0 Å². The first-order chi connectivity index (χ1) is 3.80. The van der Waals surface area contributed by atoms with Crippen LogP contribution in [0.3, 0.4) is 0 Å². The van der Waals surface area contributed by atoms with E-state index in [0.717, 1.165) is 0 Å². The topological polar surface area (TPSA) is 52.7 Å². The standard InChI is InChI=1S/C3H2ClN3O/c4-3-5-1-2-6-7(3)8/h1-2H. The number of nitrogens with zero attached hydrogens (tertiary/aromatic N) is 3. The zero-order valence-electron chi connectivity index (χ0n) is 3.78. The molecule has 0 aliphatic heterocycles. The zero-order chi connectivity index (χ0) is 5.98. The molecule has 0 radical (unpaired) electrons. The second-order valence-electron chi connectivity index (χ2n) is 1.08. The van der Waals surface area contributed by atoms with Crippen LogP contribution in [0, 0.1) is 5.21 Å². The summed E-state index contributed by atoms with van der Waals surface area (Å²) in [6, 6.07) is 0. The maximum absolute atomic E-state index is 10.2. The maximum Gasteiger partial charge on any atom is 0.420 e. The molecule has 0 atom stereocenters. The van der Waals surface area contributed by atoms with Crippen LogP contribution in [0.4, 0.5) is 0 Å². The van der Waals surface area contributed by atoms with Crippen LogP contribution in [-0.4, -0.2) is 10.1 Å². The lowest BCUT2D eigenvalue weighted by atomic mass is 10.9. The number of aromatic nitrogens is 3. The van der Waals surface area contributed by atoms with Crippen molar-refractivity contribution < 1.29 is 4.85 Å². The molecule has 1 heterocycles. The summed E-state index contributed by atoms with van der Waals surface area (Å²) in [5, 5.41) is 13.3. The fraction of sp³-hybridized carbons (Fsp3) is 0. The van der Waals surface area contributed by atoms with Crippen LogP contribution < -0.4 is 4.85 Å². The van der Waals surface area contributed by atoms with Crippen LogP contribution in [0.1, 0.15) is 0 Å². The predicted octanol–water partition coefficient (Wildman–Crippen LogP) is -0.237. The summed E-state index contributed by atoms with van der Waals surface area (Å²) in [5.74, 6) is 0. The minimum Gasteiger partial charge on any atom is -0.690 e. The van der Waals surface area contributed by atoms with Crippen LogP contribution in [0.2, 0.25) is 5.28 Å². The first-order valence-electron chi connectivity index (χ1n) is 1.87. The van der Waals surface area contributed by atoms with Gasteiger partial charge in [-0.05, 0) is 4.98 Å². The van der Waals surface area contributed by atoms with Gasteiger partial charge in [0.25, 0.3) is 0 Å². The van der Waals surface area contributed by atoms with Gasteiger partial charge in [-0.2, -0.15) is 0 Å². The molecule has 0 saturated carbocycles. The molecule has 1 aromatic heterocycles. The van der Waals surface area contributed by atoms with E-state index in [1.807, 2.05) is 0 Å². The van der Waals surface area contributed by atoms with E-state index in [9.17, 15) is 5.21 Å². The Labute approximate surface area is 50.3 Å².